The van der Waals surface area contributed by atoms with Crippen LogP contribution in [0.15, 0.2) is 30.3 Å². The molecule has 0 unspecified atom stereocenters. The molecule has 17 heavy (non-hydrogen) atoms. The van der Waals surface area contributed by atoms with E-state index in [2.05, 4.69) is 29.2 Å². The van der Waals surface area contributed by atoms with Gasteiger partial charge in [0, 0.05) is 6.54 Å². The molecule has 0 bridgehead atoms. The Morgan fingerprint density at radius 3 is 2.88 bits per heavy atom. The summed E-state index contributed by atoms with van der Waals surface area (Å²) in [7, 11) is 1.47. The zero-order valence-corrected chi connectivity index (χ0v) is 10.3. The van der Waals surface area contributed by atoms with Gasteiger partial charge < -0.3 is 4.74 Å². The van der Waals surface area contributed by atoms with Crippen molar-refractivity contribution in [3.8, 4) is 0 Å². The summed E-state index contributed by atoms with van der Waals surface area (Å²) in [5.41, 5.74) is 1.32. The number of carbonyl (C=O) groups excluding carboxylic acids is 1. The van der Waals surface area contributed by atoms with E-state index in [0.29, 0.717) is 0 Å². The van der Waals surface area contributed by atoms with Crippen molar-refractivity contribution in [3.05, 3.63) is 35.9 Å². The molecule has 3 nitrogen and oxygen atoms in total. The zero-order chi connectivity index (χ0) is 12.1. The third-order valence-corrected chi connectivity index (χ3v) is 3.37. The SMILES string of the molecule is COC(=O)[C@@H]1CCCN1CCc1ccccc1. The quantitative estimate of drug-likeness (QED) is 0.743. The highest BCUT2D eigenvalue weighted by Gasteiger charge is 2.30. The van der Waals surface area contributed by atoms with E-state index in [0.717, 1.165) is 32.4 Å². The standard InChI is InChI=1S/C14H19NO2/c1-17-14(16)13-8-5-10-15(13)11-9-12-6-3-2-4-7-12/h2-4,6-7,13H,5,8-11H2,1H3/t13-/m0/s1. The number of nitrogens with zero attached hydrogens (tertiary/aromatic N) is 1. The fraction of sp³-hybridized carbons (Fsp3) is 0.500. The van der Waals surface area contributed by atoms with Crippen LogP contribution in [0.3, 0.4) is 0 Å². The predicted octanol–water partition coefficient (Wildman–Crippen LogP) is 1.87. The second kappa shape index (κ2) is 5.82. The van der Waals surface area contributed by atoms with Crippen molar-refractivity contribution in [2.75, 3.05) is 20.2 Å². The van der Waals surface area contributed by atoms with Gasteiger partial charge in [0.2, 0.25) is 0 Å². The smallest absolute Gasteiger partial charge is 0.323 e. The van der Waals surface area contributed by atoms with Gasteiger partial charge in [-0.25, -0.2) is 0 Å². The van der Waals surface area contributed by atoms with Crippen LogP contribution in [-0.2, 0) is 16.0 Å². The third-order valence-electron chi connectivity index (χ3n) is 3.37. The monoisotopic (exact) mass is 233 g/mol. The van der Waals surface area contributed by atoms with Gasteiger partial charge in [-0.2, -0.15) is 0 Å². The largest absolute Gasteiger partial charge is 0.468 e. The average Bonchev–Trinajstić information content (AvgIpc) is 2.85. The number of methoxy groups -OCH3 is 1. The van der Waals surface area contributed by atoms with Crippen LogP contribution in [-0.4, -0.2) is 37.1 Å². The van der Waals surface area contributed by atoms with Gasteiger partial charge >= 0.3 is 5.97 Å². The van der Waals surface area contributed by atoms with Crippen molar-refractivity contribution in [1.82, 2.24) is 4.90 Å². The Hall–Kier alpha value is -1.35. The Labute approximate surface area is 102 Å². The Morgan fingerprint density at radius 1 is 1.41 bits per heavy atom. The van der Waals surface area contributed by atoms with E-state index < -0.39 is 0 Å². The number of ether oxygens (including phenoxy) is 1. The van der Waals surface area contributed by atoms with E-state index in [1.807, 2.05) is 6.07 Å². The lowest BCUT2D eigenvalue weighted by Gasteiger charge is -2.22. The Kier molecular flexibility index (Phi) is 4.15. The van der Waals surface area contributed by atoms with Crippen molar-refractivity contribution >= 4 is 5.97 Å². The Bertz CT molecular complexity index is 364. The molecule has 1 aromatic carbocycles. The maximum Gasteiger partial charge on any atom is 0.323 e. The summed E-state index contributed by atoms with van der Waals surface area (Å²) in [5.74, 6) is -0.0874. The first-order valence-corrected chi connectivity index (χ1v) is 6.17. The molecule has 1 saturated heterocycles. The van der Waals surface area contributed by atoms with Gasteiger partial charge in [-0.15, -0.1) is 0 Å². The third kappa shape index (κ3) is 3.07. The van der Waals surface area contributed by atoms with Crippen LogP contribution < -0.4 is 0 Å². The predicted molar refractivity (Wildman–Crippen MR) is 66.8 cm³/mol. The second-order valence-electron chi connectivity index (χ2n) is 4.45. The van der Waals surface area contributed by atoms with Crippen LogP contribution in [0.2, 0.25) is 0 Å². The lowest BCUT2D eigenvalue weighted by molar-refractivity contribution is -0.145. The summed E-state index contributed by atoms with van der Waals surface area (Å²) >= 11 is 0. The molecule has 0 radical (unpaired) electrons. The van der Waals surface area contributed by atoms with Gasteiger partial charge in [0.05, 0.1) is 7.11 Å². The van der Waals surface area contributed by atoms with Crippen LogP contribution in [0.5, 0.6) is 0 Å². The topological polar surface area (TPSA) is 29.5 Å². The molecule has 1 atom stereocenters. The molecule has 0 amide bonds. The second-order valence-corrected chi connectivity index (χ2v) is 4.45. The number of hydrogen-bond acceptors (Lipinski definition) is 3. The van der Waals surface area contributed by atoms with Crippen molar-refractivity contribution < 1.29 is 9.53 Å². The number of esters is 1. The highest BCUT2D eigenvalue weighted by molar-refractivity contribution is 5.75. The fourth-order valence-electron chi connectivity index (χ4n) is 2.41. The van der Waals surface area contributed by atoms with Gasteiger partial charge in [-0.3, -0.25) is 9.69 Å². The molecule has 0 saturated carbocycles. The van der Waals surface area contributed by atoms with Gasteiger partial charge in [-0.1, -0.05) is 30.3 Å². The minimum absolute atomic E-state index is 0.0243. The molecule has 92 valence electrons. The van der Waals surface area contributed by atoms with Gasteiger partial charge in [0.1, 0.15) is 6.04 Å². The van der Waals surface area contributed by atoms with Gasteiger partial charge in [0.15, 0.2) is 0 Å². The maximum atomic E-state index is 11.6. The molecular weight excluding hydrogens is 214 g/mol. The van der Waals surface area contributed by atoms with E-state index in [1.54, 1.807) is 0 Å². The average molecular weight is 233 g/mol. The molecule has 0 aliphatic carbocycles. The number of benzene rings is 1. The first-order valence-electron chi connectivity index (χ1n) is 6.17. The van der Waals surface area contributed by atoms with Gasteiger partial charge in [0.25, 0.3) is 0 Å². The van der Waals surface area contributed by atoms with Crippen LogP contribution >= 0.6 is 0 Å². The number of rotatable bonds is 4. The van der Waals surface area contributed by atoms with E-state index >= 15 is 0 Å². The number of carbonyl (C=O) groups is 1. The normalized spacial score (nSPS) is 20.4. The first-order chi connectivity index (χ1) is 8.31. The zero-order valence-electron chi connectivity index (χ0n) is 10.3. The molecule has 1 aliphatic heterocycles. The van der Waals surface area contributed by atoms with Crippen molar-refractivity contribution in [3.63, 3.8) is 0 Å². The van der Waals surface area contributed by atoms with Crippen LogP contribution in [0.4, 0.5) is 0 Å². The Balaban J connectivity index is 1.88. The first kappa shape index (κ1) is 12.1. The highest BCUT2D eigenvalue weighted by atomic mass is 16.5. The van der Waals surface area contributed by atoms with Crippen LogP contribution in [0.1, 0.15) is 18.4 Å². The van der Waals surface area contributed by atoms with Gasteiger partial charge in [-0.05, 0) is 31.4 Å². The summed E-state index contributed by atoms with van der Waals surface area (Å²) < 4.78 is 4.84. The molecular formula is C14H19NO2. The summed E-state index contributed by atoms with van der Waals surface area (Å²) in [6.45, 7) is 1.94. The van der Waals surface area contributed by atoms with Crippen LogP contribution in [0.25, 0.3) is 0 Å². The maximum absolute atomic E-state index is 11.6. The van der Waals surface area contributed by atoms with E-state index in [1.165, 1.54) is 12.7 Å². The summed E-state index contributed by atoms with van der Waals surface area (Å²) in [6.07, 6.45) is 3.02. The lowest BCUT2D eigenvalue weighted by Crippen LogP contribution is -2.38. The summed E-state index contributed by atoms with van der Waals surface area (Å²) in [4.78, 5) is 13.8. The van der Waals surface area contributed by atoms with Crippen molar-refractivity contribution in [2.45, 2.75) is 25.3 Å². The minimum Gasteiger partial charge on any atom is -0.468 e. The molecule has 0 N–H and O–H groups in total. The molecule has 1 heterocycles. The number of hydrogen-bond donors (Lipinski definition) is 0. The minimum atomic E-state index is -0.0874. The summed E-state index contributed by atoms with van der Waals surface area (Å²) in [6, 6.07) is 10.4. The number of likely N-dealkylation sites (tertiary alicyclic amines) is 1. The Morgan fingerprint density at radius 2 is 2.18 bits per heavy atom. The molecule has 2 rings (SSSR count). The summed E-state index contributed by atoms with van der Waals surface area (Å²) in [5, 5.41) is 0. The molecule has 1 aromatic rings. The molecule has 0 spiro atoms. The molecule has 3 heteroatoms. The highest BCUT2D eigenvalue weighted by Crippen LogP contribution is 2.18. The van der Waals surface area contributed by atoms with Crippen molar-refractivity contribution in [1.29, 1.82) is 0 Å². The molecule has 1 fully saturated rings. The van der Waals surface area contributed by atoms with E-state index in [4.69, 9.17) is 4.74 Å². The lowest BCUT2D eigenvalue weighted by atomic mass is 10.1. The molecule has 1 aliphatic rings. The van der Waals surface area contributed by atoms with Crippen molar-refractivity contribution in [2.24, 2.45) is 0 Å². The van der Waals surface area contributed by atoms with Crippen LogP contribution in [0, 0.1) is 0 Å². The van der Waals surface area contributed by atoms with E-state index in [9.17, 15) is 4.79 Å². The molecule has 0 aromatic heterocycles. The fourth-order valence-corrected chi connectivity index (χ4v) is 2.41. The van der Waals surface area contributed by atoms with E-state index in [-0.39, 0.29) is 12.0 Å².